The zero-order valence-corrected chi connectivity index (χ0v) is 16.8. The molecule has 0 radical (unpaired) electrons. The second-order valence-electron chi connectivity index (χ2n) is 6.82. The van der Waals surface area contributed by atoms with E-state index in [4.69, 9.17) is 21.3 Å². The van der Waals surface area contributed by atoms with E-state index in [0.29, 0.717) is 6.61 Å². The molecule has 28 heavy (non-hydrogen) atoms. The van der Waals surface area contributed by atoms with E-state index in [1.807, 2.05) is 49.4 Å². The largest absolute Gasteiger partial charge is 0.494 e. The van der Waals surface area contributed by atoms with Crippen molar-refractivity contribution in [2.24, 2.45) is 4.99 Å². The third kappa shape index (κ3) is 3.63. The summed E-state index contributed by atoms with van der Waals surface area (Å²) in [4.78, 5) is 7.48. The van der Waals surface area contributed by atoms with Crippen LogP contribution in [0.4, 0.5) is 5.69 Å². The Labute approximate surface area is 171 Å². The number of benzene rings is 3. The smallest absolute Gasteiger partial charge is 0.148 e. The van der Waals surface area contributed by atoms with Gasteiger partial charge in [-0.3, -0.25) is 4.99 Å². The first-order chi connectivity index (χ1) is 13.7. The van der Waals surface area contributed by atoms with Crippen molar-refractivity contribution in [2.45, 2.75) is 26.1 Å². The Morgan fingerprint density at radius 2 is 1.61 bits per heavy atom. The molecule has 3 nitrogen and oxygen atoms in total. The van der Waals surface area contributed by atoms with Crippen LogP contribution in [0, 0.1) is 0 Å². The molecular weight excluding hydrogens is 368 g/mol. The Morgan fingerprint density at radius 3 is 2.25 bits per heavy atom. The standard InChI is InChI=1S/C24H23ClN2O/c1-3-28-22-15-13-21(14-16-22)27-17(2)23(18-9-11-20(25)12-10-18)26-24(27)19-7-5-4-6-8-19/h4-17,24H,3H2,1-2H3. The third-order valence-electron chi connectivity index (χ3n) is 5.02. The lowest BCUT2D eigenvalue weighted by Crippen LogP contribution is -2.35. The zero-order valence-electron chi connectivity index (χ0n) is 16.0. The second-order valence-corrected chi connectivity index (χ2v) is 7.25. The minimum absolute atomic E-state index is 0.0696. The van der Waals surface area contributed by atoms with Gasteiger partial charge in [-0.05, 0) is 61.4 Å². The molecular formula is C24H23ClN2O. The van der Waals surface area contributed by atoms with E-state index in [1.54, 1.807) is 0 Å². The van der Waals surface area contributed by atoms with Gasteiger partial charge in [0.1, 0.15) is 11.9 Å². The van der Waals surface area contributed by atoms with Crippen LogP contribution in [0.5, 0.6) is 5.75 Å². The van der Waals surface area contributed by atoms with Crippen molar-refractivity contribution in [3.05, 3.63) is 95.0 Å². The average Bonchev–Trinajstić information content (AvgIpc) is 3.07. The van der Waals surface area contributed by atoms with Gasteiger partial charge in [0, 0.05) is 10.7 Å². The van der Waals surface area contributed by atoms with Gasteiger partial charge in [0.2, 0.25) is 0 Å². The fourth-order valence-electron chi connectivity index (χ4n) is 3.69. The SMILES string of the molecule is CCOc1ccc(N2C(C)C(c3ccc(Cl)cc3)=NC2c2ccccc2)cc1. The highest BCUT2D eigenvalue weighted by Gasteiger charge is 2.35. The van der Waals surface area contributed by atoms with Gasteiger partial charge in [-0.1, -0.05) is 54.1 Å². The van der Waals surface area contributed by atoms with Crippen molar-refractivity contribution in [3.8, 4) is 5.75 Å². The van der Waals surface area contributed by atoms with Gasteiger partial charge < -0.3 is 9.64 Å². The molecule has 0 N–H and O–H groups in total. The highest BCUT2D eigenvalue weighted by atomic mass is 35.5. The second kappa shape index (κ2) is 8.07. The molecule has 142 valence electrons. The van der Waals surface area contributed by atoms with E-state index < -0.39 is 0 Å². The molecule has 4 heteroatoms. The predicted octanol–water partition coefficient (Wildman–Crippen LogP) is 6.14. The van der Waals surface area contributed by atoms with Crippen LogP contribution >= 0.6 is 11.6 Å². The van der Waals surface area contributed by atoms with Crippen molar-refractivity contribution < 1.29 is 4.74 Å². The molecule has 0 fully saturated rings. The molecule has 3 aromatic carbocycles. The molecule has 0 saturated carbocycles. The van der Waals surface area contributed by atoms with Crippen LogP contribution in [0.1, 0.15) is 31.1 Å². The molecule has 0 aliphatic carbocycles. The number of hydrogen-bond acceptors (Lipinski definition) is 3. The van der Waals surface area contributed by atoms with E-state index in [9.17, 15) is 0 Å². The van der Waals surface area contributed by atoms with Crippen molar-refractivity contribution >= 4 is 23.0 Å². The minimum atomic E-state index is -0.0696. The summed E-state index contributed by atoms with van der Waals surface area (Å²) in [6.45, 7) is 4.86. The molecule has 0 aromatic heterocycles. The third-order valence-corrected chi connectivity index (χ3v) is 5.27. The minimum Gasteiger partial charge on any atom is -0.494 e. The van der Waals surface area contributed by atoms with Gasteiger partial charge in [0.05, 0.1) is 18.4 Å². The van der Waals surface area contributed by atoms with E-state index in [1.165, 1.54) is 5.56 Å². The normalized spacial score (nSPS) is 18.8. The van der Waals surface area contributed by atoms with Gasteiger partial charge in [0.15, 0.2) is 0 Å². The fourth-order valence-corrected chi connectivity index (χ4v) is 3.81. The molecule has 1 aliphatic rings. The Morgan fingerprint density at radius 1 is 0.929 bits per heavy atom. The molecule has 2 unspecified atom stereocenters. The number of ether oxygens (including phenoxy) is 1. The lowest BCUT2D eigenvalue weighted by molar-refractivity contribution is 0.340. The molecule has 1 heterocycles. The van der Waals surface area contributed by atoms with Crippen LogP contribution in [0.2, 0.25) is 5.02 Å². The molecule has 3 aromatic rings. The molecule has 0 amide bonds. The van der Waals surface area contributed by atoms with Gasteiger partial charge in [-0.2, -0.15) is 0 Å². The first-order valence-electron chi connectivity index (χ1n) is 9.57. The lowest BCUT2D eigenvalue weighted by Gasteiger charge is -2.30. The van der Waals surface area contributed by atoms with Crippen LogP contribution in [0.15, 0.2) is 83.9 Å². The average molecular weight is 391 g/mol. The topological polar surface area (TPSA) is 24.8 Å². The summed E-state index contributed by atoms with van der Waals surface area (Å²) in [6, 6.07) is 26.7. The predicted molar refractivity (Wildman–Crippen MR) is 117 cm³/mol. The molecule has 4 rings (SSSR count). The van der Waals surface area contributed by atoms with E-state index >= 15 is 0 Å². The number of nitrogens with zero attached hydrogens (tertiary/aromatic N) is 2. The van der Waals surface area contributed by atoms with Crippen molar-refractivity contribution in [1.82, 2.24) is 0 Å². The molecule has 0 spiro atoms. The number of aliphatic imine (C=N–C) groups is 1. The maximum absolute atomic E-state index is 6.08. The van der Waals surface area contributed by atoms with Crippen LogP contribution < -0.4 is 9.64 Å². The zero-order chi connectivity index (χ0) is 19.5. The van der Waals surface area contributed by atoms with Crippen molar-refractivity contribution in [3.63, 3.8) is 0 Å². The van der Waals surface area contributed by atoms with Crippen LogP contribution in [0.3, 0.4) is 0 Å². The highest BCUT2D eigenvalue weighted by Crippen LogP contribution is 2.37. The van der Waals surface area contributed by atoms with Crippen LogP contribution in [-0.4, -0.2) is 18.4 Å². The van der Waals surface area contributed by atoms with Gasteiger partial charge >= 0.3 is 0 Å². The molecule has 0 saturated heterocycles. The summed E-state index contributed by atoms with van der Waals surface area (Å²) < 4.78 is 5.60. The summed E-state index contributed by atoms with van der Waals surface area (Å²) in [7, 11) is 0. The quantitative estimate of drug-likeness (QED) is 0.523. The summed E-state index contributed by atoms with van der Waals surface area (Å²) in [5.74, 6) is 0.883. The lowest BCUT2D eigenvalue weighted by atomic mass is 10.0. The number of rotatable bonds is 5. The van der Waals surface area contributed by atoms with Crippen LogP contribution in [0.25, 0.3) is 0 Å². The van der Waals surface area contributed by atoms with E-state index in [-0.39, 0.29) is 12.2 Å². The molecule has 2 atom stereocenters. The first kappa shape index (κ1) is 18.6. The number of hydrogen-bond donors (Lipinski definition) is 0. The Hall–Kier alpha value is -2.78. The Kier molecular flexibility index (Phi) is 5.36. The summed E-state index contributed by atoms with van der Waals surface area (Å²) in [5.41, 5.74) is 4.47. The Bertz CT molecular complexity index is 952. The summed E-state index contributed by atoms with van der Waals surface area (Å²) in [5, 5.41) is 0.734. The van der Waals surface area contributed by atoms with E-state index in [2.05, 4.69) is 48.2 Å². The summed E-state index contributed by atoms with van der Waals surface area (Å²) >= 11 is 6.08. The maximum Gasteiger partial charge on any atom is 0.148 e. The fraction of sp³-hybridized carbons (Fsp3) is 0.208. The first-order valence-corrected chi connectivity index (χ1v) is 9.95. The van der Waals surface area contributed by atoms with Crippen molar-refractivity contribution in [1.29, 1.82) is 0 Å². The Balaban J connectivity index is 1.74. The maximum atomic E-state index is 6.08. The van der Waals surface area contributed by atoms with Crippen molar-refractivity contribution in [2.75, 3.05) is 11.5 Å². The monoisotopic (exact) mass is 390 g/mol. The van der Waals surface area contributed by atoms with Crippen LogP contribution in [-0.2, 0) is 0 Å². The summed E-state index contributed by atoms with van der Waals surface area (Å²) in [6.07, 6.45) is -0.0696. The molecule has 0 bridgehead atoms. The van der Waals surface area contributed by atoms with Gasteiger partial charge in [-0.25, -0.2) is 0 Å². The van der Waals surface area contributed by atoms with Gasteiger partial charge in [0.25, 0.3) is 0 Å². The number of anilines is 1. The highest BCUT2D eigenvalue weighted by molar-refractivity contribution is 6.30. The number of halogens is 1. The van der Waals surface area contributed by atoms with E-state index in [0.717, 1.165) is 27.7 Å². The van der Waals surface area contributed by atoms with Gasteiger partial charge in [-0.15, -0.1) is 0 Å². The molecule has 1 aliphatic heterocycles.